The monoisotopic (exact) mass is 439 g/mol. The molecule has 5 rings (SSSR count). The Morgan fingerprint density at radius 2 is 1.65 bits per heavy atom. The van der Waals surface area contributed by atoms with E-state index in [2.05, 4.69) is 25.0 Å². The molecule has 0 amide bonds. The van der Waals surface area contributed by atoms with Gasteiger partial charge in [0.25, 0.3) is 6.43 Å². The summed E-state index contributed by atoms with van der Waals surface area (Å²) >= 11 is 0. The summed E-state index contributed by atoms with van der Waals surface area (Å²) in [6, 6.07) is 2.46. The smallest absolute Gasteiger partial charge is 0.370 e. The maximum Gasteiger partial charge on any atom is 0.433 e. The van der Waals surface area contributed by atoms with Crippen molar-refractivity contribution in [2.45, 2.75) is 19.1 Å². The highest BCUT2D eigenvalue weighted by Gasteiger charge is 2.41. The molecule has 7 nitrogen and oxygen atoms in total. The Hall–Kier alpha value is -3.05. The summed E-state index contributed by atoms with van der Waals surface area (Å²) in [6.07, 6.45) is -2.68. The van der Waals surface area contributed by atoms with E-state index in [4.69, 9.17) is 0 Å². The molecule has 2 aliphatic heterocycles. The summed E-state index contributed by atoms with van der Waals surface area (Å²) < 4.78 is 64.8. The van der Waals surface area contributed by atoms with Crippen LogP contribution in [0.1, 0.15) is 5.69 Å². The summed E-state index contributed by atoms with van der Waals surface area (Å²) in [7, 11) is 0. The van der Waals surface area contributed by atoms with Crippen LogP contribution in [-0.4, -0.2) is 57.3 Å². The van der Waals surface area contributed by atoms with Crippen LogP contribution in [-0.2, 0) is 12.7 Å². The van der Waals surface area contributed by atoms with Crippen LogP contribution >= 0.6 is 0 Å². The molecular formula is C19H18F5N7. The van der Waals surface area contributed by atoms with Crippen molar-refractivity contribution >= 4 is 22.7 Å². The van der Waals surface area contributed by atoms with Gasteiger partial charge in [-0.05, 0) is 12.1 Å². The summed E-state index contributed by atoms with van der Waals surface area (Å²) in [5, 5.41) is 3.94. The molecule has 3 aromatic rings. The van der Waals surface area contributed by atoms with Crippen molar-refractivity contribution in [2.75, 3.05) is 36.0 Å². The van der Waals surface area contributed by atoms with Crippen LogP contribution < -0.4 is 9.80 Å². The summed E-state index contributed by atoms with van der Waals surface area (Å²) in [4.78, 5) is 16.5. The Kier molecular flexibility index (Phi) is 4.67. The van der Waals surface area contributed by atoms with Gasteiger partial charge in [0.2, 0.25) is 0 Å². The van der Waals surface area contributed by atoms with Crippen molar-refractivity contribution in [3.63, 3.8) is 0 Å². The Balaban J connectivity index is 1.28. The van der Waals surface area contributed by atoms with E-state index in [0.29, 0.717) is 60.7 Å². The van der Waals surface area contributed by atoms with E-state index in [9.17, 15) is 22.0 Å². The van der Waals surface area contributed by atoms with Crippen LogP contribution in [0.5, 0.6) is 0 Å². The van der Waals surface area contributed by atoms with Crippen LogP contribution in [0.4, 0.5) is 33.5 Å². The minimum absolute atomic E-state index is 0.311. The van der Waals surface area contributed by atoms with Crippen molar-refractivity contribution in [3.05, 3.63) is 36.4 Å². The maximum atomic E-state index is 12.8. The number of rotatable bonds is 4. The Morgan fingerprint density at radius 3 is 2.26 bits per heavy atom. The Labute approximate surface area is 173 Å². The third-order valence-electron chi connectivity index (χ3n) is 5.86. The first-order chi connectivity index (χ1) is 14.8. The largest absolute Gasteiger partial charge is 0.433 e. The predicted octanol–water partition coefficient (Wildman–Crippen LogP) is 3.08. The molecule has 164 valence electrons. The molecule has 2 fully saturated rings. The molecule has 5 heterocycles. The van der Waals surface area contributed by atoms with Gasteiger partial charge in [-0.2, -0.15) is 18.3 Å². The first-order valence-corrected chi connectivity index (χ1v) is 9.78. The third kappa shape index (κ3) is 3.74. The number of anilines is 2. The quantitative estimate of drug-likeness (QED) is 0.583. The second kappa shape index (κ2) is 7.27. The standard InChI is InChI=1S/C19H18F5N7/c20-16(21)10-31-18-14(4-27-31)25-5-17(28-18)30-8-11-6-29(7-12(11)9-30)13-1-2-15(26-3-13)19(22,23)24/h1-5,11-12,16H,6-10H2/t11-,12+. The maximum absolute atomic E-state index is 12.8. The van der Waals surface area contributed by atoms with Gasteiger partial charge in [0.1, 0.15) is 23.6 Å². The third-order valence-corrected chi connectivity index (χ3v) is 5.86. The van der Waals surface area contributed by atoms with Gasteiger partial charge >= 0.3 is 6.18 Å². The van der Waals surface area contributed by atoms with Gasteiger partial charge in [0.05, 0.1) is 24.3 Å². The number of nitrogens with zero attached hydrogens (tertiary/aromatic N) is 7. The molecule has 0 radical (unpaired) electrons. The lowest BCUT2D eigenvalue weighted by Gasteiger charge is -2.23. The van der Waals surface area contributed by atoms with E-state index in [-0.39, 0.29) is 0 Å². The molecule has 3 aromatic heterocycles. The highest BCUT2D eigenvalue weighted by atomic mass is 19.4. The van der Waals surface area contributed by atoms with Gasteiger partial charge in [-0.3, -0.25) is 0 Å². The van der Waals surface area contributed by atoms with Crippen LogP contribution in [0.2, 0.25) is 0 Å². The van der Waals surface area contributed by atoms with Gasteiger partial charge in [-0.15, -0.1) is 0 Å². The zero-order valence-electron chi connectivity index (χ0n) is 16.2. The zero-order valence-corrected chi connectivity index (χ0v) is 16.2. The first-order valence-electron chi connectivity index (χ1n) is 9.78. The van der Waals surface area contributed by atoms with Crippen LogP contribution in [0.3, 0.4) is 0 Å². The van der Waals surface area contributed by atoms with E-state index in [1.807, 2.05) is 4.90 Å². The normalized spacial score (nSPS) is 21.5. The van der Waals surface area contributed by atoms with E-state index < -0.39 is 24.8 Å². The van der Waals surface area contributed by atoms with E-state index in [1.54, 1.807) is 6.20 Å². The fourth-order valence-corrected chi connectivity index (χ4v) is 4.39. The topological polar surface area (TPSA) is 63.0 Å². The van der Waals surface area contributed by atoms with E-state index in [0.717, 1.165) is 10.7 Å². The highest BCUT2D eigenvalue weighted by Crippen LogP contribution is 2.36. The lowest BCUT2D eigenvalue weighted by molar-refractivity contribution is -0.141. The minimum Gasteiger partial charge on any atom is -0.370 e. The average molecular weight is 439 g/mol. The Bertz CT molecular complexity index is 1070. The van der Waals surface area contributed by atoms with Crippen molar-refractivity contribution in [1.82, 2.24) is 24.7 Å². The fourth-order valence-electron chi connectivity index (χ4n) is 4.39. The Morgan fingerprint density at radius 1 is 0.935 bits per heavy atom. The zero-order chi connectivity index (χ0) is 21.8. The molecular weight excluding hydrogens is 421 g/mol. The molecule has 12 heteroatoms. The molecule has 0 bridgehead atoms. The second-order valence-corrected chi connectivity index (χ2v) is 7.88. The average Bonchev–Trinajstić information content (AvgIpc) is 3.40. The lowest BCUT2D eigenvalue weighted by Crippen LogP contribution is -2.29. The molecule has 2 aliphatic rings. The van der Waals surface area contributed by atoms with E-state index >= 15 is 0 Å². The number of aromatic nitrogens is 5. The van der Waals surface area contributed by atoms with Gasteiger partial charge in [-0.25, -0.2) is 28.4 Å². The van der Waals surface area contributed by atoms with Crippen LogP contribution in [0.15, 0.2) is 30.7 Å². The molecule has 0 N–H and O–H groups in total. The van der Waals surface area contributed by atoms with Crippen molar-refractivity contribution in [3.8, 4) is 0 Å². The SMILES string of the molecule is FC(F)Cn1ncc2ncc(N3C[C@H]4CN(c5ccc(C(F)(F)F)nc5)C[C@H]4C3)nc21. The molecule has 2 atom stereocenters. The molecule has 0 aromatic carbocycles. The summed E-state index contributed by atoms with van der Waals surface area (Å²) in [6.45, 7) is 2.28. The highest BCUT2D eigenvalue weighted by molar-refractivity contribution is 5.71. The predicted molar refractivity (Wildman–Crippen MR) is 102 cm³/mol. The van der Waals surface area contributed by atoms with E-state index in [1.165, 1.54) is 18.5 Å². The lowest BCUT2D eigenvalue weighted by atomic mass is 10.0. The number of pyridine rings is 1. The second-order valence-electron chi connectivity index (χ2n) is 7.88. The molecule has 0 unspecified atom stereocenters. The minimum atomic E-state index is -4.45. The van der Waals surface area contributed by atoms with Crippen molar-refractivity contribution in [1.29, 1.82) is 0 Å². The van der Waals surface area contributed by atoms with Crippen molar-refractivity contribution in [2.24, 2.45) is 11.8 Å². The molecule has 0 saturated carbocycles. The van der Waals surface area contributed by atoms with Crippen LogP contribution in [0, 0.1) is 11.8 Å². The van der Waals surface area contributed by atoms with Crippen LogP contribution in [0.25, 0.3) is 11.2 Å². The van der Waals surface area contributed by atoms with Gasteiger partial charge in [0.15, 0.2) is 5.65 Å². The van der Waals surface area contributed by atoms with Gasteiger partial charge in [-0.1, -0.05) is 0 Å². The molecule has 0 spiro atoms. The fraction of sp³-hybridized carbons (Fsp3) is 0.474. The first kappa shape index (κ1) is 19.9. The number of hydrogen-bond donors (Lipinski definition) is 0. The molecule has 0 aliphatic carbocycles. The summed E-state index contributed by atoms with van der Waals surface area (Å²) in [5.41, 5.74) is 0.560. The van der Waals surface area contributed by atoms with Gasteiger partial charge in [0, 0.05) is 38.0 Å². The molecule has 31 heavy (non-hydrogen) atoms. The number of fused-ring (bicyclic) bond motifs is 2. The van der Waals surface area contributed by atoms with Gasteiger partial charge < -0.3 is 9.80 Å². The molecule has 2 saturated heterocycles. The number of alkyl halides is 5. The number of hydrogen-bond acceptors (Lipinski definition) is 6. The number of halogens is 5. The van der Waals surface area contributed by atoms with Crippen molar-refractivity contribution < 1.29 is 22.0 Å². The summed E-state index contributed by atoms with van der Waals surface area (Å²) in [5.74, 6) is 1.23.